The second-order valence-corrected chi connectivity index (χ2v) is 5.40. The summed E-state index contributed by atoms with van der Waals surface area (Å²) < 4.78 is 5.84. The van der Waals surface area contributed by atoms with Gasteiger partial charge in [-0.05, 0) is 41.8 Å². The van der Waals surface area contributed by atoms with Gasteiger partial charge in [-0.3, -0.25) is 9.97 Å². The minimum Gasteiger partial charge on any atom is -0.454 e. The first-order valence-electron chi connectivity index (χ1n) is 7.37. The van der Waals surface area contributed by atoms with Crippen LogP contribution in [0.15, 0.2) is 71.5 Å². The standard InChI is InChI=1S/C19H11N3O/c1-2-4-16-13(3-1)19-17(23-16)6-5-15(22-19)18-14-11-20-9-7-12(14)8-10-21-18/h1-11H. The average molecular weight is 297 g/mol. The van der Waals surface area contributed by atoms with Gasteiger partial charge in [0.1, 0.15) is 11.1 Å². The van der Waals surface area contributed by atoms with Crippen LogP contribution < -0.4 is 0 Å². The van der Waals surface area contributed by atoms with Crippen molar-refractivity contribution in [1.29, 1.82) is 0 Å². The van der Waals surface area contributed by atoms with Crippen molar-refractivity contribution in [2.45, 2.75) is 0 Å². The zero-order valence-corrected chi connectivity index (χ0v) is 12.1. The van der Waals surface area contributed by atoms with Gasteiger partial charge in [-0.2, -0.15) is 0 Å². The summed E-state index contributed by atoms with van der Waals surface area (Å²) >= 11 is 0. The molecule has 0 N–H and O–H groups in total. The van der Waals surface area contributed by atoms with Crippen molar-refractivity contribution >= 4 is 32.8 Å². The number of fused-ring (bicyclic) bond motifs is 4. The number of pyridine rings is 3. The van der Waals surface area contributed by atoms with Gasteiger partial charge in [0.15, 0.2) is 5.58 Å². The topological polar surface area (TPSA) is 51.8 Å². The highest BCUT2D eigenvalue weighted by Gasteiger charge is 2.12. The summed E-state index contributed by atoms with van der Waals surface area (Å²) in [5.41, 5.74) is 4.15. The summed E-state index contributed by atoms with van der Waals surface area (Å²) in [4.78, 5) is 13.5. The van der Waals surface area contributed by atoms with E-state index in [0.29, 0.717) is 0 Å². The lowest BCUT2D eigenvalue weighted by Gasteiger charge is -2.04. The Morgan fingerprint density at radius 3 is 2.70 bits per heavy atom. The van der Waals surface area contributed by atoms with Crippen LogP contribution in [-0.2, 0) is 0 Å². The van der Waals surface area contributed by atoms with Gasteiger partial charge in [0.05, 0.1) is 11.4 Å². The first kappa shape index (κ1) is 12.3. The molecule has 4 heterocycles. The Hall–Kier alpha value is -3.27. The number of hydrogen-bond donors (Lipinski definition) is 0. The van der Waals surface area contributed by atoms with Gasteiger partial charge in [-0.15, -0.1) is 0 Å². The molecule has 108 valence electrons. The molecule has 0 amide bonds. The molecule has 0 radical (unpaired) electrons. The molecular formula is C19H11N3O. The van der Waals surface area contributed by atoms with Gasteiger partial charge in [0, 0.05) is 29.4 Å². The Morgan fingerprint density at radius 2 is 1.70 bits per heavy atom. The maximum Gasteiger partial charge on any atom is 0.153 e. The van der Waals surface area contributed by atoms with E-state index in [9.17, 15) is 0 Å². The Labute approximate surface area is 131 Å². The fraction of sp³-hybridized carbons (Fsp3) is 0. The molecule has 4 aromatic heterocycles. The highest BCUT2D eigenvalue weighted by Crippen LogP contribution is 2.30. The second kappa shape index (κ2) is 4.61. The number of furan rings is 1. The molecular weight excluding hydrogens is 286 g/mol. The summed E-state index contributed by atoms with van der Waals surface area (Å²) in [5, 5.41) is 3.11. The van der Waals surface area contributed by atoms with E-state index in [2.05, 4.69) is 9.97 Å². The van der Waals surface area contributed by atoms with Gasteiger partial charge in [0.25, 0.3) is 0 Å². The Kier molecular flexibility index (Phi) is 2.46. The van der Waals surface area contributed by atoms with Gasteiger partial charge >= 0.3 is 0 Å². The zero-order valence-electron chi connectivity index (χ0n) is 12.1. The summed E-state index contributed by atoms with van der Waals surface area (Å²) in [6, 6.07) is 15.8. The van der Waals surface area contributed by atoms with Crippen molar-refractivity contribution in [2.75, 3.05) is 0 Å². The quantitative estimate of drug-likeness (QED) is 0.454. The molecule has 0 aliphatic heterocycles. The molecule has 0 aliphatic carbocycles. The highest BCUT2D eigenvalue weighted by atomic mass is 16.3. The van der Waals surface area contributed by atoms with Gasteiger partial charge < -0.3 is 4.42 Å². The molecule has 1 aromatic carbocycles. The molecule has 0 saturated heterocycles. The van der Waals surface area contributed by atoms with Crippen molar-refractivity contribution in [3.63, 3.8) is 0 Å². The molecule has 5 rings (SSSR count). The number of aromatic nitrogens is 3. The molecule has 4 nitrogen and oxygen atoms in total. The number of benzene rings is 1. The molecule has 23 heavy (non-hydrogen) atoms. The van der Waals surface area contributed by atoms with Crippen LogP contribution in [0.5, 0.6) is 0 Å². The predicted octanol–water partition coefficient (Wildman–Crippen LogP) is 4.59. The van der Waals surface area contributed by atoms with E-state index in [1.54, 1.807) is 12.4 Å². The molecule has 0 aliphatic rings. The van der Waals surface area contributed by atoms with E-state index in [4.69, 9.17) is 9.40 Å². The zero-order chi connectivity index (χ0) is 15.2. The summed E-state index contributed by atoms with van der Waals surface area (Å²) in [6.07, 6.45) is 5.42. The van der Waals surface area contributed by atoms with E-state index in [1.807, 2.05) is 54.7 Å². The van der Waals surface area contributed by atoms with Crippen LogP contribution in [-0.4, -0.2) is 15.0 Å². The molecule has 4 heteroatoms. The van der Waals surface area contributed by atoms with Crippen molar-refractivity contribution in [2.24, 2.45) is 0 Å². The van der Waals surface area contributed by atoms with E-state index in [1.165, 1.54) is 0 Å². The van der Waals surface area contributed by atoms with Crippen LogP contribution in [0.1, 0.15) is 0 Å². The highest BCUT2D eigenvalue weighted by molar-refractivity contribution is 6.03. The maximum atomic E-state index is 5.84. The molecule has 0 bridgehead atoms. The summed E-state index contributed by atoms with van der Waals surface area (Å²) in [5.74, 6) is 0. The molecule has 0 spiro atoms. The van der Waals surface area contributed by atoms with E-state index in [0.717, 1.165) is 44.2 Å². The minimum absolute atomic E-state index is 0.785. The van der Waals surface area contributed by atoms with E-state index >= 15 is 0 Å². The Bertz CT molecular complexity index is 1170. The second-order valence-electron chi connectivity index (χ2n) is 5.40. The van der Waals surface area contributed by atoms with Crippen LogP contribution in [0.25, 0.3) is 44.2 Å². The van der Waals surface area contributed by atoms with Crippen molar-refractivity contribution in [1.82, 2.24) is 15.0 Å². The van der Waals surface area contributed by atoms with Gasteiger partial charge in [-0.25, -0.2) is 4.98 Å². The lowest BCUT2D eigenvalue weighted by atomic mass is 10.1. The lowest BCUT2D eigenvalue weighted by molar-refractivity contribution is 0.668. The average Bonchev–Trinajstić information content (AvgIpc) is 2.99. The fourth-order valence-corrected chi connectivity index (χ4v) is 2.94. The van der Waals surface area contributed by atoms with E-state index < -0.39 is 0 Å². The van der Waals surface area contributed by atoms with Crippen molar-refractivity contribution in [3.05, 3.63) is 67.1 Å². The van der Waals surface area contributed by atoms with Crippen molar-refractivity contribution < 1.29 is 4.42 Å². The molecule has 0 fully saturated rings. The number of para-hydroxylation sites is 1. The van der Waals surface area contributed by atoms with E-state index in [-0.39, 0.29) is 0 Å². The summed E-state index contributed by atoms with van der Waals surface area (Å²) in [7, 11) is 0. The summed E-state index contributed by atoms with van der Waals surface area (Å²) in [6.45, 7) is 0. The SMILES string of the molecule is c1ccc2c(c1)oc1ccc(-c3nccc4ccncc34)nc12. The van der Waals surface area contributed by atoms with Crippen LogP contribution in [0.4, 0.5) is 0 Å². The number of rotatable bonds is 1. The Balaban J connectivity index is 1.84. The Morgan fingerprint density at radius 1 is 0.783 bits per heavy atom. The van der Waals surface area contributed by atoms with Crippen LogP contribution >= 0.6 is 0 Å². The number of nitrogens with zero attached hydrogens (tertiary/aromatic N) is 3. The van der Waals surface area contributed by atoms with Crippen molar-refractivity contribution in [3.8, 4) is 11.4 Å². The maximum absolute atomic E-state index is 5.84. The molecule has 0 saturated carbocycles. The van der Waals surface area contributed by atoms with Crippen LogP contribution in [0, 0.1) is 0 Å². The fourth-order valence-electron chi connectivity index (χ4n) is 2.94. The normalized spacial score (nSPS) is 11.5. The molecule has 0 unspecified atom stereocenters. The van der Waals surface area contributed by atoms with Gasteiger partial charge in [-0.1, -0.05) is 12.1 Å². The third-order valence-corrected chi connectivity index (χ3v) is 4.03. The minimum atomic E-state index is 0.785. The van der Waals surface area contributed by atoms with Crippen LogP contribution in [0.2, 0.25) is 0 Å². The number of hydrogen-bond acceptors (Lipinski definition) is 4. The first-order chi connectivity index (χ1) is 11.4. The molecule has 5 aromatic rings. The smallest absolute Gasteiger partial charge is 0.153 e. The third-order valence-electron chi connectivity index (χ3n) is 4.03. The first-order valence-corrected chi connectivity index (χ1v) is 7.37. The molecule has 0 atom stereocenters. The lowest BCUT2D eigenvalue weighted by Crippen LogP contribution is -1.89. The van der Waals surface area contributed by atoms with Crippen LogP contribution in [0.3, 0.4) is 0 Å². The largest absolute Gasteiger partial charge is 0.454 e. The van der Waals surface area contributed by atoms with Gasteiger partial charge in [0.2, 0.25) is 0 Å². The monoisotopic (exact) mass is 297 g/mol. The predicted molar refractivity (Wildman–Crippen MR) is 90.0 cm³/mol. The third kappa shape index (κ3) is 1.82.